The highest BCUT2D eigenvalue weighted by molar-refractivity contribution is 5.85. The maximum Gasteiger partial charge on any atom is 0.329 e. The highest BCUT2D eigenvalue weighted by Gasteiger charge is 2.34. The fourth-order valence-electron chi connectivity index (χ4n) is 1.94. The minimum Gasteiger partial charge on any atom is -0.480 e. The van der Waals surface area contributed by atoms with E-state index in [0.717, 1.165) is 5.56 Å². The second-order valence-corrected chi connectivity index (χ2v) is 4.99. The quantitative estimate of drug-likeness (QED) is 0.743. The molecule has 0 fully saturated rings. The van der Waals surface area contributed by atoms with Gasteiger partial charge in [0, 0.05) is 12.4 Å². The predicted octanol–water partition coefficient (Wildman–Crippen LogP) is 2.09. The highest BCUT2D eigenvalue weighted by atomic mass is 16.4. The van der Waals surface area contributed by atoms with Crippen molar-refractivity contribution in [3.8, 4) is 0 Å². The van der Waals surface area contributed by atoms with Crippen LogP contribution in [0, 0.1) is 0 Å². The van der Waals surface area contributed by atoms with Crippen molar-refractivity contribution in [2.24, 2.45) is 0 Å². The van der Waals surface area contributed by atoms with E-state index in [1.165, 1.54) is 6.92 Å². The number of rotatable bonds is 6. The van der Waals surface area contributed by atoms with E-state index in [1.807, 2.05) is 13.8 Å². The lowest BCUT2D eigenvalue weighted by molar-refractivity contribution is -0.144. The molecule has 1 heterocycles. The van der Waals surface area contributed by atoms with Gasteiger partial charge < -0.3 is 15.7 Å². The van der Waals surface area contributed by atoms with Crippen LogP contribution < -0.4 is 10.6 Å². The number of carboxylic acid groups (broad SMARTS) is 1. The molecule has 0 bridgehead atoms. The molecule has 0 saturated heterocycles. The molecular formula is C14H21N3O3. The van der Waals surface area contributed by atoms with Gasteiger partial charge in [-0.3, -0.25) is 4.98 Å². The van der Waals surface area contributed by atoms with E-state index in [2.05, 4.69) is 15.6 Å². The molecule has 110 valence electrons. The molecule has 0 aliphatic carbocycles. The first kappa shape index (κ1) is 15.9. The van der Waals surface area contributed by atoms with Gasteiger partial charge in [-0.25, -0.2) is 9.59 Å². The largest absolute Gasteiger partial charge is 0.480 e. The van der Waals surface area contributed by atoms with Crippen molar-refractivity contribution in [3.05, 3.63) is 30.1 Å². The SMILES string of the molecule is CCCC(C)(NC(=O)NC(C)c1ccncc1)C(=O)O. The van der Waals surface area contributed by atoms with Gasteiger partial charge in [0.05, 0.1) is 6.04 Å². The van der Waals surface area contributed by atoms with Crippen molar-refractivity contribution in [1.82, 2.24) is 15.6 Å². The summed E-state index contributed by atoms with van der Waals surface area (Å²) in [7, 11) is 0. The van der Waals surface area contributed by atoms with Crippen LogP contribution in [0.4, 0.5) is 4.79 Å². The third-order valence-corrected chi connectivity index (χ3v) is 3.17. The zero-order chi connectivity index (χ0) is 15.2. The van der Waals surface area contributed by atoms with Gasteiger partial charge >= 0.3 is 12.0 Å². The molecule has 2 atom stereocenters. The molecule has 0 aliphatic heterocycles. The summed E-state index contributed by atoms with van der Waals surface area (Å²) in [6.07, 6.45) is 4.33. The number of amides is 2. The number of hydrogen-bond acceptors (Lipinski definition) is 3. The normalized spacial score (nSPS) is 14.9. The number of nitrogens with one attached hydrogen (secondary N) is 2. The Balaban J connectivity index is 2.65. The number of carboxylic acids is 1. The van der Waals surface area contributed by atoms with E-state index in [0.29, 0.717) is 12.8 Å². The van der Waals surface area contributed by atoms with Gasteiger partial charge in [-0.05, 0) is 38.0 Å². The fourth-order valence-corrected chi connectivity index (χ4v) is 1.94. The second kappa shape index (κ2) is 6.88. The van der Waals surface area contributed by atoms with Crippen molar-refractivity contribution in [2.45, 2.75) is 45.2 Å². The second-order valence-electron chi connectivity index (χ2n) is 4.99. The van der Waals surface area contributed by atoms with Crippen molar-refractivity contribution >= 4 is 12.0 Å². The molecule has 1 aromatic rings. The lowest BCUT2D eigenvalue weighted by Gasteiger charge is -2.27. The van der Waals surface area contributed by atoms with Crippen LogP contribution >= 0.6 is 0 Å². The van der Waals surface area contributed by atoms with Crippen LogP contribution in [0.15, 0.2) is 24.5 Å². The molecule has 0 radical (unpaired) electrons. The summed E-state index contributed by atoms with van der Waals surface area (Å²) in [4.78, 5) is 27.1. The Kier molecular flexibility index (Phi) is 5.49. The Labute approximate surface area is 118 Å². The third kappa shape index (κ3) is 4.22. The minimum atomic E-state index is -1.25. The fraction of sp³-hybridized carbons (Fsp3) is 0.500. The standard InChI is InChI=1S/C14H21N3O3/c1-4-7-14(3,12(18)19)17-13(20)16-10(2)11-5-8-15-9-6-11/h5-6,8-10H,4,7H2,1-3H3,(H,18,19)(H2,16,17,20). The van der Waals surface area contributed by atoms with Crippen LogP contribution in [-0.2, 0) is 4.79 Å². The van der Waals surface area contributed by atoms with E-state index < -0.39 is 17.5 Å². The third-order valence-electron chi connectivity index (χ3n) is 3.17. The lowest BCUT2D eigenvalue weighted by atomic mass is 9.96. The summed E-state index contributed by atoms with van der Waals surface area (Å²) in [6, 6.07) is 2.88. The number of carbonyl (C=O) groups is 2. The van der Waals surface area contributed by atoms with Gasteiger partial charge in [-0.15, -0.1) is 0 Å². The minimum absolute atomic E-state index is 0.224. The van der Waals surface area contributed by atoms with Gasteiger partial charge in [0.25, 0.3) is 0 Å². The average molecular weight is 279 g/mol. The predicted molar refractivity (Wildman–Crippen MR) is 75.3 cm³/mol. The first-order valence-corrected chi connectivity index (χ1v) is 6.61. The molecule has 0 spiro atoms. The summed E-state index contributed by atoms with van der Waals surface area (Å²) >= 11 is 0. The molecule has 2 amide bonds. The first-order valence-electron chi connectivity index (χ1n) is 6.61. The maximum absolute atomic E-state index is 11.9. The van der Waals surface area contributed by atoms with Crippen molar-refractivity contribution in [3.63, 3.8) is 0 Å². The molecule has 0 aromatic carbocycles. The smallest absolute Gasteiger partial charge is 0.329 e. The van der Waals surface area contributed by atoms with E-state index >= 15 is 0 Å². The monoisotopic (exact) mass is 279 g/mol. The molecule has 2 unspecified atom stereocenters. The number of nitrogens with zero attached hydrogens (tertiary/aromatic N) is 1. The first-order chi connectivity index (χ1) is 9.39. The van der Waals surface area contributed by atoms with Gasteiger partial charge in [0.1, 0.15) is 5.54 Å². The van der Waals surface area contributed by atoms with Gasteiger partial charge in [-0.1, -0.05) is 13.3 Å². The van der Waals surface area contributed by atoms with Crippen LogP contribution in [-0.4, -0.2) is 27.6 Å². The molecule has 6 heteroatoms. The Morgan fingerprint density at radius 2 is 2.00 bits per heavy atom. The summed E-state index contributed by atoms with van der Waals surface area (Å²) < 4.78 is 0. The number of aliphatic carboxylic acids is 1. The van der Waals surface area contributed by atoms with Crippen molar-refractivity contribution in [2.75, 3.05) is 0 Å². The van der Waals surface area contributed by atoms with Crippen LogP contribution in [0.25, 0.3) is 0 Å². The molecule has 6 nitrogen and oxygen atoms in total. The summed E-state index contributed by atoms with van der Waals surface area (Å²) in [5.41, 5.74) is -0.348. The van der Waals surface area contributed by atoms with E-state index in [1.54, 1.807) is 24.5 Å². The molecule has 3 N–H and O–H groups in total. The number of pyridine rings is 1. The summed E-state index contributed by atoms with van der Waals surface area (Å²) in [5.74, 6) is -1.04. The number of aromatic nitrogens is 1. The van der Waals surface area contributed by atoms with Crippen LogP contribution in [0.3, 0.4) is 0 Å². The molecule has 20 heavy (non-hydrogen) atoms. The highest BCUT2D eigenvalue weighted by Crippen LogP contribution is 2.14. The van der Waals surface area contributed by atoms with E-state index in [-0.39, 0.29) is 6.04 Å². The van der Waals surface area contributed by atoms with Crippen LogP contribution in [0.5, 0.6) is 0 Å². The molecule has 1 aromatic heterocycles. The molecule has 1 rings (SSSR count). The molecule has 0 aliphatic rings. The lowest BCUT2D eigenvalue weighted by Crippen LogP contribution is -2.55. The zero-order valence-corrected chi connectivity index (χ0v) is 12.0. The average Bonchev–Trinajstić information content (AvgIpc) is 2.39. The summed E-state index contributed by atoms with van der Waals surface area (Å²) in [6.45, 7) is 5.21. The Morgan fingerprint density at radius 1 is 1.40 bits per heavy atom. The van der Waals surface area contributed by atoms with Crippen molar-refractivity contribution in [1.29, 1.82) is 0 Å². The van der Waals surface area contributed by atoms with Gasteiger partial charge in [0.2, 0.25) is 0 Å². The molecule has 0 saturated carbocycles. The zero-order valence-electron chi connectivity index (χ0n) is 12.0. The van der Waals surface area contributed by atoms with Crippen LogP contribution in [0.1, 0.15) is 45.2 Å². The van der Waals surface area contributed by atoms with E-state index in [9.17, 15) is 14.7 Å². The molecular weight excluding hydrogens is 258 g/mol. The number of hydrogen-bond donors (Lipinski definition) is 3. The topological polar surface area (TPSA) is 91.3 Å². The Bertz CT molecular complexity index is 464. The van der Waals surface area contributed by atoms with Gasteiger partial charge in [0.15, 0.2) is 0 Å². The van der Waals surface area contributed by atoms with Crippen LogP contribution in [0.2, 0.25) is 0 Å². The maximum atomic E-state index is 11.9. The Hall–Kier alpha value is -2.11. The van der Waals surface area contributed by atoms with Crippen molar-refractivity contribution < 1.29 is 14.7 Å². The summed E-state index contributed by atoms with van der Waals surface area (Å²) in [5, 5.41) is 14.5. The van der Waals surface area contributed by atoms with E-state index in [4.69, 9.17) is 0 Å². The number of carbonyl (C=O) groups excluding carboxylic acids is 1. The van der Waals surface area contributed by atoms with Gasteiger partial charge in [-0.2, -0.15) is 0 Å². The Morgan fingerprint density at radius 3 is 2.50 bits per heavy atom. The number of urea groups is 1.